The van der Waals surface area contributed by atoms with Gasteiger partial charge >= 0.3 is 0 Å². The minimum Gasteiger partial charge on any atom is -0.351 e. The van der Waals surface area contributed by atoms with Crippen LogP contribution >= 0.6 is 15.9 Å². The molecule has 1 unspecified atom stereocenters. The van der Waals surface area contributed by atoms with Gasteiger partial charge in [-0.15, -0.1) is 0 Å². The molecular weight excluding hydrogens is 313 g/mol. The van der Waals surface area contributed by atoms with Gasteiger partial charge in [0, 0.05) is 17.7 Å². The van der Waals surface area contributed by atoms with Gasteiger partial charge in [-0.05, 0) is 45.0 Å². The molecule has 19 heavy (non-hydrogen) atoms. The van der Waals surface area contributed by atoms with Gasteiger partial charge in [0.1, 0.15) is 5.82 Å². The van der Waals surface area contributed by atoms with Crippen molar-refractivity contribution in [3.63, 3.8) is 0 Å². The average molecular weight is 334 g/mol. The van der Waals surface area contributed by atoms with E-state index in [-0.39, 0.29) is 18.1 Å². The molecule has 0 aliphatic carbocycles. The van der Waals surface area contributed by atoms with E-state index in [9.17, 15) is 4.39 Å². The summed E-state index contributed by atoms with van der Waals surface area (Å²) in [6, 6.07) is 4.72. The number of ether oxygens (including phenoxy) is 2. The van der Waals surface area contributed by atoms with E-state index in [0.717, 1.165) is 10.0 Å². The maximum atomic E-state index is 13.1. The van der Waals surface area contributed by atoms with Gasteiger partial charge in [-0.2, -0.15) is 0 Å². The Morgan fingerprint density at radius 2 is 1.89 bits per heavy atom. The van der Waals surface area contributed by atoms with Crippen molar-refractivity contribution in [2.24, 2.45) is 0 Å². The van der Waals surface area contributed by atoms with Gasteiger partial charge in [-0.25, -0.2) is 4.39 Å². The number of nitrogens with one attached hydrogen (secondary N) is 1. The molecule has 0 aromatic heterocycles. The number of rotatable bonds is 8. The highest BCUT2D eigenvalue weighted by atomic mass is 79.9. The number of hydrogen-bond acceptors (Lipinski definition) is 3. The summed E-state index contributed by atoms with van der Waals surface area (Å²) in [5, 5.41) is 3.20. The first-order chi connectivity index (χ1) is 9.12. The predicted octanol–water partition coefficient (Wildman–Crippen LogP) is 3.12. The molecule has 1 aromatic rings. The van der Waals surface area contributed by atoms with Crippen molar-refractivity contribution in [1.29, 1.82) is 0 Å². The summed E-state index contributed by atoms with van der Waals surface area (Å²) in [5.74, 6) is -0.247. The summed E-state index contributed by atoms with van der Waals surface area (Å²) in [7, 11) is 1.87. The Balaban J connectivity index is 2.78. The van der Waals surface area contributed by atoms with Crippen molar-refractivity contribution in [3.05, 3.63) is 34.1 Å². The quantitative estimate of drug-likeness (QED) is 0.741. The molecule has 0 fully saturated rings. The summed E-state index contributed by atoms with van der Waals surface area (Å²) in [6.45, 7) is 5.06. The molecule has 0 aliphatic heterocycles. The molecule has 0 spiro atoms. The van der Waals surface area contributed by atoms with E-state index in [0.29, 0.717) is 19.6 Å². The van der Waals surface area contributed by atoms with E-state index < -0.39 is 0 Å². The number of halogens is 2. The Kier molecular flexibility index (Phi) is 7.53. The van der Waals surface area contributed by atoms with Crippen LogP contribution < -0.4 is 5.32 Å². The fourth-order valence-electron chi connectivity index (χ4n) is 1.87. The predicted molar refractivity (Wildman–Crippen MR) is 77.7 cm³/mol. The number of benzene rings is 1. The first-order valence-electron chi connectivity index (χ1n) is 6.46. The Labute approximate surface area is 122 Å². The molecule has 3 nitrogen and oxygen atoms in total. The molecule has 0 saturated heterocycles. The summed E-state index contributed by atoms with van der Waals surface area (Å²) in [6.07, 6.45) is 0.388. The van der Waals surface area contributed by atoms with Crippen molar-refractivity contribution >= 4 is 15.9 Å². The maximum absolute atomic E-state index is 13.1. The molecule has 5 heteroatoms. The van der Waals surface area contributed by atoms with E-state index in [2.05, 4.69) is 21.2 Å². The standard InChI is InChI=1S/C14H21BrFNO2/c1-4-18-14(19-5-2)13(17-3)8-10-6-7-11(16)9-12(10)15/h6-7,9,13-14,17H,4-5,8H2,1-3H3. The molecule has 0 amide bonds. The van der Waals surface area contributed by atoms with Crippen LogP contribution in [0.5, 0.6) is 0 Å². The molecule has 0 aliphatic rings. The second-order valence-corrected chi connectivity index (χ2v) is 4.97. The molecule has 1 N–H and O–H groups in total. The zero-order valence-electron chi connectivity index (χ0n) is 11.6. The Morgan fingerprint density at radius 1 is 1.26 bits per heavy atom. The lowest BCUT2D eigenvalue weighted by atomic mass is 10.1. The highest BCUT2D eigenvalue weighted by molar-refractivity contribution is 9.10. The van der Waals surface area contributed by atoms with E-state index >= 15 is 0 Å². The third kappa shape index (κ3) is 5.18. The van der Waals surface area contributed by atoms with Gasteiger partial charge in [0.2, 0.25) is 0 Å². The first-order valence-corrected chi connectivity index (χ1v) is 7.26. The van der Waals surface area contributed by atoms with Crippen LogP contribution in [-0.2, 0) is 15.9 Å². The van der Waals surface area contributed by atoms with Crippen molar-refractivity contribution < 1.29 is 13.9 Å². The minimum absolute atomic E-state index is 0.0154. The van der Waals surface area contributed by atoms with Gasteiger partial charge in [0.15, 0.2) is 6.29 Å². The average Bonchev–Trinajstić information content (AvgIpc) is 2.38. The molecule has 1 atom stereocenters. The summed E-state index contributed by atoms with van der Waals surface area (Å²) in [5.41, 5.74) is 1.02. The Bertz CT molecular complexity index is 384. The molecular formula is C14H21BrFNO2. The lowest BCUT2D eigenvalue weighted by Crippen LogP contribution is -2.43. The zero-order chi connectivity index (χ0) is 14.3. The topological polar surface area (TPSA) is 30.5 Å². The van der Waals surface area contributed by atoms with Gasteiger partial charge < -0.3 is 14.8 Å². The van der Waals surface area contributed by atoms with Crippen LogP contribution in [0.4, 0.5) is 4.39 Å². The Hall–Kier alpha value is -0.490. The first kappa shape index (κ1) is 16.6. The fourth-order valence-corrected chi connectivity index (χ4v) is 2.38. The third-order valence-electron chi connectivity index (χ3n) is 2.82. The normalized spacial score (nSPS) is 12.9. The second-order valence-electron chi connectivity index (χ2n) is 4.11. The summed E-state index contributed by atoms with van der Waals surface area (Å²) in [4.78, 5) is 0. The molecule has 108 valence electrons. The van der Waals surface area contributed by atoms with Crippen LogP contribution in [0.3, 0.4) is 0 Å². The van der Waals surface area contributed by atoms with E-state index in [1.165, 1.54) is 12.1 Å². The monoisotopic (exact) mass is 333 g/mol. The molecule has 0 heterocycles. The highest BCUT2D eigenvalue weighted by Gasteiger charge is 2.22. The number of hydrogen-bond donors (Lipinski definition) is 1. The zero-order valence-corrected chi connectivity index (χ0v) is 13.2. The van der Waals surface area contributed by atoms with Gasteiger partial charge in [-0.3, -0.25) is 0 Å². The van der Waals surface area contributed by atoms with E-state index in [1.807, 2.05) is 20.9 Å². The lowest BCUT2D eigenvalue weighted by molar-refractivity contribution is -0.152. The van der Waals surface area contributed by atoms with Crippen molar-refractivity contribution in [1.82, 2.24) is 5.32 Å². The molecule has 1 aromatic carbocycles. The SMILES string of the molecule is CCOC(OCC)C(Cc1ccc(F)cc1Br)NC. The van der Waals surface area contributed by atoms with Crippen molar-refractivity contribution in [2.45, 2.75) is 32.6 Å². The molecule has 1 rings (SSSR count). The minimum atomic E-state index is -0.308. The van der Waals surface area contributed by atoms with Crippen LogP contribution in [0, 0.1) is 5.82 Å². The van der Waals surface area contributed by atoms with Gasteiger partial charge in [0.25, 0.3) is 0 Å². The van der Waals surface area contributed by atoms with Crippen LogP contribution in [0.2, 0.25) is 0 Å². The van der Waals surface area contributed by atoms with Gasteiger partial charge in [0.05, 0.1) is 6.04 Å². The highest BCUT2D eigenvalue weighted by Crippen LogP contribution is 2.21. The second kappa shape index (κ2) is 8.64. The van der Waals surface area contributed by atoms with Crippen LogP contribution in [0.25, 0.3) is 0 Å². The third-order valence-corrected chi connectivity index (χ3v) is 3.55. The van der Waals surface area contributed by atoms with E-state index in [4.69, 9.17) is 9.47 Å². The molecule has 0 radical (unpaired) electrons. The number of likely N-dealkylation sites (N-methyl/N-ethyl adjacent to an activating group) is 1. The van der Waals surface area contributed by atoms with Crippen molar-refractivity contribution in [2.75, 3.05) is 20.3 Å². The molecule has 0 bridgehead atoms. The lowest BCUT2D eigenvalue weighted by Gasteiger charge is -2.26. The van der Waals surface area contributed by atoms with E-state index in [1.54, 1.807) is 6.07 Å². The van der Waals surface area contributed by atoms with Gasteiger partial charge in [-0.1, -0.05) is 22.0 Å². The van der Waals surface area contributed by atoms with Crippen LogP contribution in [-0.4, -0.2) is 32.6 Å². The smallest absolute Gasteiger partial charge is 0.172 e. The molecule has 0 saturated carbocycles. The summed E-state index contributed by atoms with van der Waals surface area (Å²) >= 11 is 3.38. The summed E-state index contributed by atoms with van der Waals surface area (Å²) < 4.78 is 25.0. The van der Waals surface area contributed by atoms with Crippen LogP contribution in [0.15, 0.2) is 22.7 Å². The largest absolute Gasteiger partial charge is 0.351 e. The maximum Gasteiger partial charge on any atom is 0.172 e. The van der Waals surface area contributed by atoms with Crippen LogP contribution in [0.1, 0.15) is 19.4 Å². The fraction of sp³-hybridized carbons (Fsp3) is 0.571. The van der Waals surface area contributed by atoms with Crippen molar-refractivity contribution in [3.8, 4) is 0 Å². The Morgan fingerprint density at radius 3 is 2.37 bits per heavy atom.